The lowest BCUT2D eigenvalue weighted by Gasteiger charge is -2.08. The zero-order valence-corrected chi connectivity index (χ0v) is 14.0. The molecule has 3 rings (SSSR count). The Balaban J connectivity index is 1.75. The summed E-state index contributed by atoms with van der Waals surface area (Å²) in [6, 6.07) is 6.87. The fraction of sp³-hybridized carbons (Fsp3) is 0. The number of aromatic nitrogens is 1. The van der Waals surface area contributed by atoms with E-state index in [1.807, 2.05) is 0 Å². The first-order valence-corrected chi connectivity index (χ1v) is 7.81. The van der Waals surface area contributed by atoms with Gasteiger partial charge in [0.05, 0.1) is 11.1 Å². The Kier molecular flexibility index (Phi) is 5.35. The third-order valence-electron chi connectivity index (χ3n) is 3.62. The highest BCUT2D eigenvalue weighted by Gasteiger charge is 2.14. The second-order valence-electron chi connectivity index (χ2n) is 5.63. The van der Waals surface area contributed by atoms with Gasteiger partial charge in [-0.05, 0) is 30.3 Å². The van der Waals surface area contributed by atoms with Crippen LogP contribution in [0.2, 0.25) is 0 Å². The van der Waals surface area contributed by atoms with Gasteiger partial charge in [0.25, 0.3) is 11.8 Å². The van der Waals surface area contributed by atoms with Gasteiger partial charge in [-0.25, -0.2) is 17.6 Å². The molecule has 0 atom stereocenters. The van der Waals surface area contributed by atoms with Gasteiger partial charge in [0.2, 0.25) is 0 Å². The van der Waals surface area contributed by atoms with E-state index in [-0.39, 0.29) is 22.5 Å². The van der Waals surface area contributed by atoms with Crippen molar-refractivity contribution in [2.75, 3.05) is 10.6 Å². The number of amides is 2. The van der Waals surface area contributed by atoms with Crippen LogP contribution in [0.25, 0.3) is 0 Å². The van der Waals surface area contributed by atoms with Crippen LogP contribution < -0.4 is 10.6 Å². The van der Waals surface area contributed by atoms with Gasteiger partial charge in [-0.3, -0.25) is 14.6 Å². The first-order valence-electron chi connectivity index (χ1n) is 7.81. The molecule has 0 aliphatic carbocycles. The topological polar surface area (TPSA) is 71.1 Å². The van der Waals surface area contributed by atoms with E-state index in [9.17, 15) is 27.2 Å². The number of halogens is 4. The van der Waals surface area contributed by atoms with Crippen LogP contribution in [0.4, 0.5) is 28.9 Å². The van der Waals surface area contributed by atoms with Crippen LogP contribution in [0, 0.1) is 23.3 Å². The van der Waals surface area contributed by atoms with Gasteiger partial charge in [0.1, 0.15) is 0 Å². The van der Waals surface area contributed by atoms with Crippen molar-refractivity contribution in [3.63, 3.8) is 0 Å². The number of nitrogens with one attached hydrogen (secondary N) is 2. The fourth-order valence-corrected chi connectivity index (χ4v) is 2.24. The minimum Gasteiger partial charge on any atom is -0.322 e. The average molecular weight is 389 g/mol. The van der Waals surface area contributed by atoms with Crippen molar-refractivity contribution in [2.45, 2.75) is 0 Å². The van der Waals surface area contributed by atoms with Gasteiger partial charge in [0.15, 0.2) is 23.3 Å². The maximum atomic E-state index is 13.2. The van der Waals surface area contributed by atoms with Crippen molar-refractivity contribution < 1.29 is 27.2 Å². The maximum absolute atomic E-state index is 13.2. The minimum absolute atomic E-state index is 0.0144. The van der Waals surface area contributed by atoms with Crippen LogP contribution in [0.1, 0.15) is 20.7 Å². The number of nitrogens with zero attached hydrogens (tertiary/aromatic N) is 1. The Hall–Kier alpha value is -3.75. The predicted octanol–water partition coefficient (Wildman–Crippen LogP) is 4.14. The molecule has 28 heavy (non-hydrogen) atoms. The SMILES string of the molecule is O=C(Nc1ccc(F)c(F)c1)c1cncc(C(=O)Nc2ccc(F)c(F)c2)c1. The van der Waals surface area contributed by atoms with Crippen LogP contribution >= 0.6 is 0 Å². The lowest BCUT2D eigenvalue weighted by Crippen LogP contribution is -2.16. The number of hydrogen-bond donors (Lipinski definition) is 2. The molecule has 2 N–H and O–H groups in total. The Labute approximate surface area is 156 Å². The van der Waals surface area contributed by atoms with Crippen molar-refractivity contribution in [3.05, 3.63) is 89.3 Å². The van der Waals surface area contributed by atoms with E-state index >= 15 is 0 Å². The largest absolute Gasteiger partial charge is 0.322 e. The van der Waals surface area contributed by atoms with E-state index in [2.05, 4.69) is 15.6 Å². The first-order chi connectivity index (χ1) is 13.3. The summed E-state index contributed by atoms with van der Waals surface area (Å²) in [6.07, 6.45) is 2.34. The molecule has 0 bridgehead atoms. The molecule has 5 nitrogen and oxygen atoms in total. The number of carbonyl (C=O) groups excluding carboxylic acids is 2. The molecule has 0 radical (unpaired) electrons. The molecule has 0 fully saturated rings. The van der Waals surface area contributed by atoms with E-state index < -0.39 is 35.1 Å². The number of hydrogen-bond acceptors (Lipinski definition) is 3. The molecule has 0 aliphatic rings. The number of anilines is 2. The van der Waals surface area contributed by atoms with Crippen LogP contribution in [0.15, 0.2) is 54.9 Å². The molecule has 1 aromatic heterocycles. The Morgan fingerprint density at radius 3 is 1.46 bits per heavy atom. The Morgan fingerprint density at radius 2 is 1.07 bits per heavy atom. The van der Waals surface area contributed by atoms with Gasteiger partial charge >= 0.3 is 0 Å². The molecule has 0 saturated heterocycles. The molecule has 142 valence electrons. The Bertz CT molecular complexity index is 992. The molecule has 2 amide bonds. The highest BCUT2D eigenvalue weighted by Crippen LogP contribution is 2.16. The number of carbonyl (C=O) groups is 2. The van der Waals surface area contributed by atoms with Gasteiger partial charge in [0, 0.05) is 35.9 Å². The van der Waals surface area contributed by atoms with E-state index in [1.165, 1.54) is 30.6 Å². The highest BCUT2D eigenvalue weighted by atomic mass is 19.2. The maximum Gasteiger partial charge on any atom is 0.257 e. The summed E-state index contributed by atoms with van der Waals surface area (Å²) in [4.78, 5) is 28.3. The zero-order chi connectivity index (χ0) is 20.3. The van der Waals surface area contributed by atoms with E-state index in [1.54, 1.807) is 0 Å². The molecular weight excluding hydrogens is 378 g/mol. The lowest BCUT2D eigenvalue weighted by molar-refractivity contribution is 0.102. The first kappa shape index (κ1) is 19.0. The third kappa shape index (κ3) is 4.32. The highest BCUT2D eigenvalue weighted by molar-refractivity contribution is 6.08. The van der Waals surface area contributed by atoms with Crippen LogP contribution in [0.5, 0.6) is 0 Å². The summed E-state index contributed by atoms with van der Waals surface area (Å²) < 4.78 is 52.3. The van der Waals surface area contributed by atoms with Gasteiger partial charge < -0.3 is 10.6 Å². The van der Waals surface area contributed by atoms with Crippen molar-refractivity contribution >= 4 is 23.2 Å². The molecule has 2 aromatic carbocycles. The monoisotopic (exact) mass is 389 g/mol. The summed E-state index contributed by atoms with van der Waals surface area (Å²) in [7, 11) is 0. The molecule has 0 aliphatic heterocycles. The number of pyridine rings is 1. The molecule has 0 unspecified atom stereocenters. The zero-order valence-electron chi connectivity index (χ0n) is 14.0. The predicted molar refractivity (Wildman–Crippen MR) is 92.9 cm³/mol. The van der Waals surface area contributed by atoms with Crippen molar-refractivity contribution in [1.82, 2.24) is 4.98 Å². The Morgan fingerprint density at radius 1 is 0.643 bits per heavy atom. The van der Waals surface area contributed by atoms with Crippen molar-refractivity contribution in [1.29, 1.82) is 0 Å². The summed E-state index contributed by atoms with van der Waals surface area (Å²) in [6.45, 7) is 0. The summed E-state index contributed by atoms with van der Waals surface area (Å²) in [5, 5.41) is 4.69. The molecule has 0 spiro atoms. The quantitative estimate of drug-likeness (QED) is 0.659. The van der Waals surface area contributed by atoms with Crippen LogP contribution in [-0.2, 0) is 0 Å². The van der Waals surface area contributed by atoms with Gasteiger partial charge in [-0.2, -0.15) is 0 Å². The smallest absolute Gasteiger partial charge is 0.257 e. The molecule has 1 heterocycles. The number of benzene rings is 2. The van der Waals surface area contributed by atoms with Gasteiger partial charge in [-0.1, -0.05) is 0 Å². The fourth-order valence-electron chi connectivity index (χ4n) is 2.24. The van der Waals surface area contributed by atoms with Crippen molar-refractivity contribution in [2.24, 2.45) is 0 Å². The summed E-state index contributed by atoms with van der Waals surface area (Å²) in [5.41, 5.74) is -0.0218. The molecule has 9 heteroatoms. The molecule has 3 aromatic rings. The van der Waals surface area contributed by atoms with E-state index in [0.29, 0.717) is 0 Å². The van der Waals surface area contributed by atoms with E-state index in [4.69, 9.17) is 0 Å². The molecular formula is C19H11F4N3O2. The summed E-state index contributed by atoms with van der Waals surface area (Å²) >= 11 is 0. The van der Waals surface area contributed by atoms with Gasteiger partial charge in [-0.15, -0.1) is 0 Å². The molecule has 0 saturated carbocycles. The van der Waals surface area contributed by atoms with Crippen LogP contribution in [0.3, 0.4) is 0 Å². The second kappa shape index (κ2) is 7.87. The van der Waals surface area contributed by atoms with Crippen LogP contribution in [-0.4, -0.2) is 16.8 Å². The minimum atomic E-state index is -1.13. The van der Waals surface area contributed by atoms with Crippen molar-refractivity contribution in [3.8, 4) is 0 Å². The third-order valence-corrected chi connectivity index (χ3v) is 3.62. The standard InChI is InChI=1S/C19H11F4N3O2/c20-14-3-1-12(6-16(14)22)25-18(27)10-5-11(9-24-8-10)19(28)26-13-2-4-15(21)17(23)7-13/h1-9H,(H,25,27)(H,26,28). The normalized spacial score (nSPS) is 10.4. The summed E-state index contributed by atoms with van der Waals surface area (Å²) in [5.74, 6) is -5.79. The van der Waals surface area contributed by atoms with E-state index in [0.717, 1.165) is 24.3 Å². The average Bonchev–Trinajstić information content (AvgIpc) is 2.67. The lowest BCUT2D eigenvalue weighted by atomic mass is 10.1. The number of rotatable bonds is 4. The second-order valence-corrected chi connectivity index (χ2v) is 5.63.